The quantitative estimate of drug-likeness (QED) is 0.368. The zero-order valence-corrected chi connectivity index (χ0v) is 17.6. The van der Waals surface area contributed by atoms with Gasteiger partial charge in [-0.2, -0.15) is 0 Å². The lowest BCUT2D eigenvalue weighted by atomic mass is 10.1. The van der Waals surface area contributed by atoms with E-state index in [1.54, 1.807) is 11.8 Å². The first kappa shape index (κ1) is 19.6. The first-order valence-electron chi connectivity index (χ1n) is 9.47. The molecule has 0 amide bonds. The average Bonchev–Trinajstić information content (AvgIpc) is 2.78. The van der Waals surface area contributed by atoms with E-state index in [1.165, 1.54) is 16.3 Å². The number of hydrogen-bond acceptors (Lipinski definition) is 4. The summed E-state index contributed by atoms with van der Waals surface area (Å²) < 4.78 is 0.856. The third kappa shape index (κ3) is 5.40. The molecular formula is C24H21N3S2. The summed E-state index contributed by atoms with van der Waals surface area (Å²) in [5, 5.41) is 2.52. The third-order valence-corrected chi connectivity index (χ3v) is 6.19. The molecule has 0 bridgehead atoms. The van der Waals surface area contributed by atoms with Crippen molar-refractivity contribution < 1.29 is 0 Å². The van der Waals surface area contributed by atoms with Crippen LogP contribution in [0.25, 0.3) is 10.8 Å². The van der Waals surface area contributed by atoms with Crippen LogP contribution in [-0.2, 0) is 18.8 Å². The molecule has 0 aliphatic heterocycles. The Hall–Kier alpha value is -2.76. The van der Waals surface area contributed by atoms with Crippen molar-refractivity contribution in [1.29, 1.82) is 0 Å². The number of fused-ring (bicyclic) bond motifs is 1. The van der Waals surface area contributed by atoms with E-state index in [2.05, 4.69) is 57.3 Å². The second-order valence-electron chi connectivity index (χ2n) is 6.73. The summed E-state index contributed by atoms with van der Waals surface area (Å²) >= 11 is 7.49. The second-order valence-corrected chi connectivity index (χ2v) is 8.34. The van der Waals surface area contributed by atoms with E-state index >= 15 is 0 Å². The highest BCUT2D eigenvalue weighted by Crippen LogP contribution is 2.23. The predicted molar refractivity (Wildman–Crippen MR) is 126 cm³/mol. The second kappa shape index (κ2) is 9.63. The zero-order valence-electron chi connectivity index (χ0n) is 15.9. The molecule has 5 heteroatoms. The van der Waals surface area contributed by atoms with Crippen LogP contribution in [0.2, 0.25) is 0 Å². The smallest absolute Gasteiger partial charge is 0.137 e. The Morgan fingerprint density at radius 1 is 0.759 bits per heavy atom. The standard InChI is InChI=1S/C24H21N3S2/c28-24(29-18-19-11-12-20-7-1-2-8-21(20)15-19)27(16-22-9-3-5-13-25-22)17-23-10-4-6-14-26-23/h1-15H,16-18H2. The number of aromatic nitrogens is 2. The van der Waals surface area contributed by atoms with Crippen LogP contribution < -0.4 is 0 Å². The van der Waals surface area contributed by atoms with Crippen molar-refractivity contribution in [3.8, 4) is 0 Å². The summed E-state index contributed by atoms with van der Waals surface area (Å²) in [4.78, 5) is 11.1. The number of hydrogen-bond donors (Lipinski definition) is 0. The average molecular weight is 416 g/mol. The van der Waals surface area contributed by atoms with Crippen LogP contribution in [0.15, 0.2) is 91.3 Å². The topological polar surface area (TPSA) is 29.0 Å². The summed E-state index contributed by atoms with van der Waals surface area (Å²) in [7, 11) is 0. The minimum absolute atomic E-state index is 0.668. The lowest BCUT2D eigenvalue weighted by Crippen LogP contribution is -2.27. The minimum Gasteiger partial charge on any atom is -0.346 e. The molecule has 0 saturated heterocycles. The molecule has 0 spiro atoms. The number of nitrogens with zero attached hydrogens (tertiary/aromatic N) is 3. The lowest BCUT2D eigenvalue weighted by molar-refractivity contribution is 0.410. The van der Waals surface area contributed by atoms with Gasteiger partial charge in [0.1, 0.15) is 4.32 Å². The van der Waals surface area contributed by atoms with E-state index in [1.807, 2.05) is 48.8 Å². The van der Waals surface area contributed by atoms with Crippen molar-refractivity contribution in [1.82, 2.24) is 14.9 Å². The van der Waals surface area contributed by atoms with Gasteiger partial charge in [0.15, 0.2) is 0 Å². The van der Waals surface area contributed by atoms with Gasteiger partial charge in [0.05, 0.1) is 24.5 Å². The van der Waals surface area contributed by atoms with Crippen LogP contribution in [0.5, 0.6) is 0 Å². The molecule has 0 unspecified atom stereocenters. The Morgan fingerprint density at radius 2 is 1.38 bits per heavy atom. The summed E-state index contributed by atoms with van der Waals surface area (Å²) in [5.41, 5.74) is 3.26. The maximum absolute atomic E-state index is 5.80. The molecule has 0 aliphatic carbocycles. The van der Waals surface area contributed by atoms with E-state index in [4.69, 9.17) is 12.2 Å². The fourth-order valence-electron chi connectivity index (χ4n) is 3.12. The van der Waals surface area contributed by atoms with Crippen molar-refractivity contribution in [2.24, 2.45) is 0 Å². The lowest BCUT2D eigenvalue weighted by Gasteiger charge is -2.24. The Morgan fingerprint density at radius 3 is 2.00 bits per heavy atom. The van der Waals surface area contributed by atoms with Crippen LogP contribution in [0.4, 0.5) is 0 Å². The number of pyridine rings is 2. The Bertz CT molecular complexity index is 1040. The van der Waals surface area contributed by atoms with Gasteiger partial charge < -0.3 is 4.90 Å². The molecule has 2 heterocycles. The van der Waals surface area contributed by atoms with E-state index in [0.717, 1.165) is 21.5 Å². The van der Waals surface area contributed by atoms with Gasteiger partial charge in [-0.15, -0.1) is 0 Å². The monoisotopic (exact) mass is 415 g/mol. The Balaban J connectivity index is 1.47. The molecule has 144 valence electrons. The zero-order chi connectivity index (χ0) is 19.9. The highest BCUT2D eigenvalue weighted by molar-refractivity contribution is 8.22. The van der Waals surface area contributed by atoms with Gasteiger partial charge >= 0.3 is 0 Å². The SMILES string of the molecule is S=C(SCc1ccc2ccccc2c1)N(Cc1ccccn1)Cc1ccccn1. The maximum Gasteiger partial charge on any atom is 0.137 e. The first-order chi connectivity index (χ1) is 14.3. The van der Waals surface area contributed by atoms with Crippen molar-refractivity contribution in [2.45, 2.75) is 18.8 Å². The van der Waals surface area contributed by atoms with Crippen molar-refractivity contribution in [3.05, 3.63) is 108 Å². The molecule has 4 aromatic rings. The van der Waals surface area contributed by atoms with E-state index in [9.17, 15) is 0 Å². The van der Waals surface area contributed by atoms with Crippen molar-refractivity contribution in [3.63, 3.8) is 0 Å². The number of thiocarbonyl (C=S) groups is 1. The van der Waals surface area contributed by atoms with Crippen molar-refractivity contribution in [2.75, 3.05) is 0 Å². The van der Waals surface area contributed by atoms with E-state index < -0.39 is 0 Å². The summed E-state index contributed by atoms with van der Waals surface area (Å²) in [6.45, 7) is 1.34. The van der Waals surface area contributed by atoms with Gasteiger partial charge in [-0.25, -0.2) is 0 Å². The molecule has 2 aromatic heterocycles. The van der Waals surface area contributed by atoms with Gasteiger partial charge in [0.25, 0.3) is 0 Å². The predicted octanol–water partition coefficient (Wildman–Crippen LogP) is 5.85. The molecule has 0 N–H and O–H groups in total. The van der Waals surface area contributed by atoms with Crippen LogP contribution in [0, 0.1) is 0 Å². The number of benzene rings is 2. The molecule has 2 aromatic carbocycles. The summed E-state index contributed by atoms with van der Waals surface area (Å²) in [6, 6.07) is 27.0. The van der Waals surface area contributed by atoms with Gasteiger partial charge in [-0.3, -0.25) is 9.97 Å². The molecule has 0 fully saturated rings. The van der Waals surface area contributed by atoms with Gasteiger partial charge in [0, 0.05) is 18.1 Å². The first-order valence-corrected chi connectivity index (χ1v) is 10.9. The highest BCUT2D eigenvalue weighted by atomic mass is 32.2. The van der Waals surface area contributed by atoms with Crippen LogP contribution in [0.1, 0.15) is 17.0 Å². The van der Waals surface area contributed by atoms with Crippen LogP contribution >= 0.6 is 24.0 Å². The van der Waals surface area contributed by atoms with Gasteiger partial charge in [-0.05, 0) is 40.6 Å². The normalized spacial score (nSPS) is 10.8. The van der Waals surface area contributed by atoms with E-state index in [-0.39, 0.29) is 0 Å². The molecule has 0 aliphatic rings. The van der Waals surface area contributed by atoms with Crippen LogP contribution in [0.3, 0.4) is 0 Å². The van der Waals surface area contributed by atoms with Gasteiger partial charge in [0.2, 0.25) is 0 Å². The maximum atomic E-state index is 5.80. The highest BCUT2D eigenvalue weighted by Gasteiger charge is 2.13. The number of rotatable bonds is 6. The molecular weight excluding hydrogens is 394 g/mol. The van der Waals surface area contributed by atoms with Gasteiger partial charge in [-0.1, -0.05) is 78.6 Å². The van der Waals surface area contributed by atoms with E-state index in [0.29, 0.717) is 13.1 Å². The number of thioether (sulfide) groups is 1. The minimum atomic E-state index is 0.668. The molecule has 0 saturated carbocycles. The molecule has 0 atom stereocenters. The fourth-order valence-corrected chi connectivity index (χ4v) is 4.21. The molecule has 4 rings (SSSR count). The molecule has 3 nitrogen and oxygen atoms in total. The van der Waals surface area contributed by atoms with Crippen molar-refractivity contribution >= 4 is 39.1 Å². The molecule has 0 radical (unpaired) electrons. The Labute approximate surface area is 180 Å². The van der Waals surface area contributed by atoms with Crippen LogP contribution in [-0.4, -0.2) is 19.2 Å². The largest absolute Gasteiger partial charge is 0.346 e. The third-order valence-electron chi connectivity index (χ3n) is 4.59. The molecule has 29 heavy (non-hydrogen) atoms. The fraction of sp³-hybridized carbons (Fsp3) is 0.125. The summed E-state index contributed by atoms with van der Waals surface area (Å²) in [6.07, 6.45) is 3.64. The summed E-state index contributed by atoms with van der Waals surface area (Å²) in [5.74, 6) is 0.838. The Kier molecular flexibility index (Phi) is 6.49.